The number of nitrogens with zero attached hydrogens (tertiary/aromatic N) is 1. The molecule has 0 aliphatic carbocycles. The van der Waals surface area contributed by atoms with Crippen molar-refractivity contribution in [3.8, 4) is 0 Å². The van der Waals surface area contributed by atoms with Crippen LogP contribution in [0.2, 0.25) is 0 Å². The number of benzene rings is 2. The molecule has 0 aromatic heterocycles. The maximum Gasteiger partial charge on any atom is 0.209 e. The van der Waals surface area contributed by atoms with Gasteiger partial charge in [0.2, 0.25) is 5.90 Å². The van der Waals surface area contributed by atoms with Crippen LogP contribution in [-0.4, -0.2) is 12.5 Å². The molecule has 0 fully saturated rings. The average Bonchev–Trinajstić information content (AvgIpc) is 2.96. The lowest BCUT2D eigenvalue weighted by Crippen LogP contribution is -1.97. The van der Waals surface area contributed by atoms with Gasteiger partial charge in [-0.2, -0.15) is 0 Å². The quantitative estimate of drug-likeness (QED) is 0.809. The van der Waals surface area contributed by atoms with E-state index in [1.807, 2.05) is 48.6 Å². The fourth-order valence-electron chi connectivity index (χ4n) is 2.06. The van der Waals surface area contributed by atoms with Gasteiger partial charge in [0.15, 0.2) is 0 Å². The molecule has 1 aliphatic rings. The number of hydrogen-bond acceptors (Lipinski definition) is 2. The lowest BCUT2D eigenvalue weighted by atomic mass is 10.1. The van der Waals surface area contributed by atoms with E-state index in [2.05, 4.69) is 29.3 Å². The van der Waals surface area contributed by atoms with Crippen LogP contribution in [0.3, 0.4) is 0 Å². The number of rotatable bonds is 3. The van der Waals surface area contributed by atoms with Crippen LogP contribution in [0.15, 0.2) is 71.7 Å². The van der Waals surface area contributed by atoms with Crippen molar-refractivity contribution in [2.75, 3.05) is 6.61 Å². The Morgan fingerprint density at radius 1 is 0.895 bits per heavy atom. The number of ether oxygens (including phenoxy) is 1. The molecule has 0 spiro atoms. The highest BCUT2D eigenvalue weighted by Gasteiger charge is 2.18. The van der Waals surface area contributed by atoms with Gasteiger partial charge in [-0.25, -0.2) is 4.99 Å². The van der Waals surface area contributed by atoms with Crippen LogP contribution >= 0.6 is 0 Å². The topological polar surface area (TPSA) is 21.6 Å². The van der Waals surface area contributed by atoms with Crippen molar-refractivity contribution >= 4 is 12.0 Å². The minimum Gasteiger partial charge on any atom is -0.475 e. The summed E-state index contributed by atoms with van der Waals surface area (Å²) in [6.45, 7) is 0.623. The smallest absolute Gasteiger partial charge is 0.209 e. The molecule has 1 atom stereocenters. The summed E-state index contributed by atoms with van der Waals surface area (Å²) in [6.07, 6.45) is 3.95. The summed E-state index contributed by atoms with van der Waals surface area (Å²) in [5, 5.41) is 0. The molecule has 19 heavy (non-hydrogen) atoms. The lowest BCUT2D eigenvalue weighted by Gasteiger charge is -2.03. The molecule has 3 rings (SSSR count). The van der Waals surface area contributed by atoms with Gasteiger partial charge in [-0.1, -0.05) is 60.7 Å². The third-order valence-electron chi connectivity index (χ3n) is 3.07. The first-order chi connectivity index (χ1) is 9.42. The Hall–Kier alpha value is -2.35. The van der Waals surface area contributed by atoms with Crippen LogP contribution in [0, 0.1) is 0 Å². The Morgan fingerprint density at radius 2 is 1.58 bits per heavy atom. The molecule has 2 aromatic carbocycles. The number of hydrogen-bond donors (Lipinski definition) is 0. The van der Waals surface area contributed by atoms with E-state index in [0.717, 1.165) is 5.56 Å². The van der Waals surface area contributed by atoms with Crippen LogP contribution in [0.5, 0.6) is 0 Å². The highest BCUT2D eigenvalue weighted by atomic mass is 16.5. The second-order valence-corrected chi connectivity index (χ2v) is 4.45. The van der Waals surface area contributed by atoms with E-state index in [4.69, 9.17) is 4.74 Å². The van der Waals surface area contributed by atoms with Crippen molar-refractivity contribution in [2.24, 2.45) is 4.99 Å². The predicted molar refractivity (Wildman–Crippen MR) is 78.0 cm³/mol. The van der Waals surface area contributed by atoms with Crippen LogP contribution in [0.4, 0.5) is 0 Å². The normalized spacial score (nSPS) is 18.3. The third kappa shape index (κ3) is 2.91. The van der Waals surface area contributed by atoms with Crippen molar-refractivity contribution in [3.05, 3.63) is 77.9 Å². The van der Waals surface area contributed by atoms with E-state index in [9.17, 15) is 0 Å². The van der Waals surface area contributed by atoms with Gasteiger partial charge < -0.3 is 4.74 Å². The highest BCUT2D eigenvalue weighted by Crippen LogP contribution is 2.23. The third-order valence-corrected chi connectivity index (χ3v) is 3.07. The van der Waals surface area contributed by atoms with E-state index < -0.39 is 0 Å². The summed E-state index contributed by atoms with van der Waals surface area (Å²) < 4.78 is 5.60. The van der Waals surface area contributed by atoms with Gasteiger partial charge in [-0.05, 0) is 17.2 Å². The largest absolute Gasteiger partial charge is 0.475 e. The summed E-state index contributed by atoms with van der Waals surface area (Å²) >= 11 is 0. The Kier molecular flexibility index (Phi) is 3.41. The summed E-state index contributed by atoms with van der Waals surface area (Å²) in [5.74, 6) is 0.706. The van der Waals surface area contributed by atoms with E-state index in [-0.39, 0.29) is 6.04 Å². The molecular formula is C17H15NO. The monoisotopic (exact) mass is 249 g/mol. The Balaban J connectivity index is 1.72. The lowest BCUT2D eigenvalue weighted by molar-refractivity contribution is 0.321. The summed E-state index contributed by atoms with van der Waals surface area (Å²) in [7, 11) is 0. The first-order valence-electron chi connectivity index (χ1n) is 6.40. The Bertz CT molecular complexity index is 587. The first-order valence-corrected chi connectivity index (χ1v) is 6.40. The number of aliphatic imine (C=N–C) groups is 1. The van der Waals surface area contributed by atoms with Gasteiger partial charge in [0.05, 0.1) is 0 Å². The van der Waals surface area contributed by atoms with Gasteiger partial charge >= 0.3 is 0 Å². The maximum absolute atomic E-state index is 5.60. The SMILES string of the molecule is C(=C\c1ccccc1)/C1=N[C@@H](c2ccccc2)CO1. The van der Waals surface area contributed by atoms with E-state index >= 15 is 0 Å². The molecule has 94 valence electrons. The van der Waals surface area contributed by atoms with Gasteiger partial charge in [-0.3, -0.25) is 0 Å². The molecule has 2 heteroatoms. The molecule has 0 radical (unpaired) electrons. The van der Waals surface area contributed by atoms with Crippen LogP contribution in [0.25, 0.3) is 6.08 Å². The summed E-state index contributed by atoms with van der Waals surface area (Å²) in [6, 6.07) is 20.5. The minimum absolute atomic E-state index is 0.122. The predicted octanol–water partition coefficient (Wildman–Crippen LogP) is 3.87. The summed E-state index contributed by atoms with van der Waals surface area (Å²) in [4.78, 5) is 4.58. The molecule has 0 bridgehead atoms. The summed E-state index contributed by atoms with van der Waals surface area (Å²) in [5.41, 5.74) is 2.35. The van der Waals surface area contributed by atoms with E-state index in [1.165, 1.54) is 5.56 Å². The van der Waals surface area contributed by atoms with Crippen molar-refractivity contribution in [1.29, 1.82) is 0 Å². The van der Waals surface area contributed by atoms with Gasteiger partial charge in [0.25, 0.3) is 0 Å². The average molecular weight is 249 g/mol. The van der Waals surface area contributed by atoms with Crippen LogP contribution in [-0.2, 0) is 4.74 Å². The maximum atomic E-state index is 5.60. The Labute approximate surface area is 113 Å². The van der Waals surface area contributed by atoms with Crippen molar-refractivity contribution in [2.45, 2.75) is 6.04 Å². The second kappa shape index (κ2) is 5.53. The molecule has 1 heterocycles. The van der Waals surface area contributed by atoms with Crippen LogP contribution < -0.4 is 0 Å². The Morgan fingerprint density at radius 3 is 2.32 bits per heavy atom. The van der Waals surface area contributed by atoms with Gasteiger partial charge in [0, 0.05) is 6.08 Å². The molecule has 2 aromatic rings. The molecule has 0 saturated carbocycles. The molecule has 0 saturated heterocycles. The van der Waals surface area contributed by atoms with E-state index in [1.54, 1.807) is 0 Å². The zero-order valence-corrected chi connectivity index (χ0v) is 10.6. The van der Waals surface area contributed by atoms with Crippen molar-refractivity contribution in [3.63, 3.8) is 0 Å². The van der Waals surface area contributed by atoms with Crippen LogP contribution in [0.1, 0.15) is 17.2 Å². The second-order valence-electron chi connectivity index (χ2n) is 4.45. The molecule has 0 N–H and O–H groups in total. The van der Waals surface area contributed by atoms with Crippen molar-refractivity contribution < 1.29 is 4.74 Å². The zero-order valence-electron chi connectivity index (χ0n) is 10.6. The molecule has 1 aliphatic heterocycles. The molecule has 2 nitrogen and oxygen atoms in total. The highest BCUT2D eigenvalue weighted by molar-refractivity contribution is 5.92. The fourth-order valence-corrected chi connectivity index (χ4v) is 2.06. The van der Waals surface area contributed by atoms with Crippen molar-refractivity contribution in [1.82, 2.24) is 0 Å². The van der Waals surface area contributed by atoms with Gasteiger partial charge in [0.1, 0.15) is 12.6 Å². The minimum atomic E-state index is 0.122. The molecular weight excluding hydrogens is 234 g/mol. The zero-order chi connectivity index (χ0) is 12.9. The first kappa shape index (κ1) is 11.7. The standard InChI is InChI=1S/C17H15NO/c1-3-7-14(8-4-1)11-12-17-18-16(13-19-17)15-9-5-2-6-10-15/h1-12,16H,13H2/b12-11+/t16-/m1/s1. The molecule has 0 amide bonds. The van der Waals surface area contributed by atoms with Gasteiger partial charge in [-0.15, -0.1) is 0 Å². The fraction of sp³-hybridized carbons (Fsp3) is 0.118. The van der Waals surface area contributed by atoms with E-state index in [0.29, 0.717) is 12.5 Å². The molecule has 0 unspecified atom stereocenters.